The molecule has 0 unspecified atom stereocenters. The molecule has 0 bridgehead atoms. The standard InChI is InChI=1S/C17H17F2N3O/c18-14-7-3-6-11(16(14)19)12-8-15(23)21-17-13(12)9-20-22(17)10-4-1-2-5-10/h3,6-7,9-10,12H,1-2,4-5,8H2,(H,21,23)/t12-/m0/s1. The molecule has 120 valence electrons. The van der Waals surface area contributed by atoms with Crippen molar-refractivity contribution in [1.29, 1.82) is 0 Å². The Hall–Kier alpha value is -2.24. The van der Waals surface area contributed by atoms with Gasteiger partial charge in [-0.1, -0.05) is 25.0 Å². The van der Waals surface area contributed by atoms with Crippen molar-refractivity contribution in [2.45, 2.75) is 44.1 Å². The lowest BCUT2D eigenvalue weighted by Gasteiger charge is -2.25. The Labute approximate surface area is 132 Å². The summed E-state index contributed by atoms with van der Waals surface area (Å²) in [5.74, 6) is -1.82. The van der Waals surface area contributed by atoms with Crippen molar-refractivity contribution < 1.29 is 13.6 Å². The molecule has 1 aliphatic carbocycles. The van der Waals surface area contributed by atoms with Crippen molar-refractivity contribution in [2.24, 2.45) is 0 Å². The third-order valence-corrected chi connectivity index (χ3v) is 4.87. The number of amides is 1. The second-order valence-corrected chi connectivity index (χ2v) is 6.28. The average molecular weight is 317 g/mol. The molecule has 4 rings (SSSR count). The van der Waals surface area contributed by atoms with Crippen molar-refractivity contribution in [3.63, 3.8) is 0 Å². The third kappa shape index (κ3) is 2.33. The van der Waals surface area contributed by atoms with Crippen LogP contribution in [-0.2, 0) is 4.79 Å². The van der Waals surface area contributed by atoms with Crippen molar-refractivity contribution in [2.75, 3.05) is 5.32 Å². The number of hydrogen-bond acceptors (Lipinski definition) is 2. The zero-order chi connectivity index (χ0) is 16.0. The van der Waals surface area contributed by atoms with E-state index in [9.17, 15) is 13.6 Å². The first-order chi connectivity index (χ1) is 11.1. The molecule has 1 amide bonds. The molecule has 1 atom stereocenters. The summed E-state index contributed by atoms with van der Waals surface area (Å²) >= 11 is 0. The predicted octanol–water partition coefficient (Wildman–Crippen LogP) is 3.75. The van der Waals surface area contributed by atoms with E-state index in [0.29, 0.717) is 5.82 Å². The van der Waals surface area contributed by atoms with Crippen LogP contribution in [0.3, 0.4) is 0 Å². The molecule has 0 radical (unpaired) electrons. The lowest BCUT2D eigenvalue weighted by molar-refractivity contribution is -0.116. The first-order valence-electron chi connectivity index (χ1n) is 7.96. The van der Waals surface area contributed by atoms with Gasteiger partial charge in [0.25, 0.3) is 0 Å². The number of nitrogens with one attached hydrogen (secondary N) is 1. The fourth-order valence-electron chi connectivity index (χ4n) is 3.73. The maximum absolute atomic E-state index is 14.2. The Kier molecular flexibility index (Phi) is 3.39. The van der Waals surface area contributed by atoms with Gasteiger partial charge in [-0.05, 0) is 24.5 Å². The van der Waals surface area contributed by atoms with Crippen LogP contribution in [0, 0.1) is 11.6 Å². The van der Waals surface area contributed by atoms with Gasteiger partial charge in [-0.15, -0.1) is 0 Å². The number of anilines is 1. The first-order valence-corrected chi connectivity index (χ1v) is 7.96. The molecule has 0 spiro atoms. The molecule has 1 N–H and O–H groups in total. The van der Waals surface area contributed by atoms with Gasteiger partial charge in [0.15, 0.2) is 11.6 Å². The van der Waals surface area contributed by atoms with Crippen LogP contribution in [0.1, 0.15) is 55.2 Å². The van der Waals surface area contributed by atoms with Gasteiger partial charge in [-0.2, -0.15) is 5.10 Å². The molecular formula is C17H17F2N3O. The Morgan fingerprint density at radius 1 is 1.17 bits per heavy atom. The summed E-state index contributed by atoms with van der Waals surface area (Å²) in [4.78, 5) is 12.1. The van der Waals surface area contributed by atoms with Crippen LogP contribution < -0.4 is 5.32 Å². The number of carbonyl (C=O) groups is 1. The zero-order valence-corrected chi connectivity index (χ0v) is 12.6. The monoisotopic (exact) mass is 317 g/mol. The minimum atomic E-state index is -0.891. The maximum atomic E-state index is 14.2. The summed E-state index contributed by atoms with van der Waals surface area (Å²) in [6.45, 7) is 0. The van der Waals surface area contributed by atoms with E-state index in [1.165, 1.54) is 6.07 Å². The smallest absolute Gasteiger partial charge is 0.226 e. The number of hydrogen-bond donors (Lipinski definition) is 1. The van der Waals surface area contributed by atoms with Crippen LogP contribution in [0.5, 0.6) is 0 Å². The van der Waals surface area contributed by atoms with E-state index in [2.05, 4.69) is 10.4 Å². The third-order valence-electron chi connectivity index (χ3n) is 4.87. The molecule has 1 fully saturated rings. The minimum absolute atomic E-state index is 0.101. The van der Waals surface area contributed by atoms with E-state index in [-0.39, 0.29) is 23.9 Å². The van der Waals surface area contributed by atoms with E-state index >= 15 is 0 Å². The summed E-state index contributed by atoms with van der Waals surface area (Å²) in [7, 11) is 0. The van der Waals surface area contributed by atoms with Crippen LogP contribution in [0.4, 0.5) is 14.6 Å². The molecule has 1 aromatic carbocycles. The Morgan fingerprint density at radius 2 is 1.96 bits per heavy atom. The lowest BCUT2D eigenvalue weighted by atomic mass is 9.87. The Balaban J connectivity index is 1.80. The van der Waals surface area contributed by atoms with Gasteiger partial charge in [0.1, 0.15) is 5.82 Å². The number of rotatable bonds is 2. The molecule has 6 heteroatoms. The number of carbonyl (C=O) groups excluding carboxylic acids is 1. The van der Waals surface area contributed by atoms with Crippen LogP contribution in [-0.4, -0.2) is 15.7 Å². The molecule has 2 aliphatic rings. The van der Waals surface area contributed by atoms with Gasteiger partial charge in [-0.3, -0.25) is 4.79 Å². The van der Waals surface area contributed by atoms with Crippen LogP contribution >= 0.6 is 0 Å². The van der Waals surface area contributed by atoms with Gasteiger partial charge in [0.2, 0.25) is 5.91 Å². The first kappa shape index (κ1) is 14.4. The second-order valence-electron chi connectivity index (χ2n) is 6.28. The Morgan fingerprint density at radius 3 is 2.74 bits per heavy atom. The van der Waals surface area contributed by atoms with Crippen LogP contribution in [0.15, 0.2) is 24.4 Å². The van der Waals surface area contributed by atoms with E-state index in [4.69, 9.17) is 0 Å². The van der Waals surface area contributed by atoms with Gasteiger partial charge >= 0.3 is 0 Å². The van der Waals surface area contributed by atoms with Gasteiger partial charge in [0.05, 0.1) is 12.2 Å². The highest BCUT2D eigenvalue weighted by molar-refractivity contribution is 5.94. The summed E-state index contributed by atoms with van der Waals surface area (Å²) in [5.41, 5.74) is 0.980. The van der Waals surface area contributed by atoms with E-state index < -0.39 is 17.6 Å². The van der Waals surface area contributed by atoms with Crippen LogP contribution in [0.25, 0.3) is 0 Å². The van der Waals surface area contributed by atoms with Crippen molar-refractivity contribution in [1.82, 2.24) is 9.78 Å². The van der Waals surface area contributed by atoms with Crippen molar-refractivity contribution in [3.8, 4) is 0 Å². The quantitative estimate of drug-likeness (QED) is 0.917. The van der Waals surface area contributed by atoms with Crippen molar-refractivity contribution >= 4 is 11.7 Å². The fourth-order valence-corrected chi connectivity index (χ4v) is 3.73. The summed E-state index contributed by atoms with van der Waals surface area (Å²) in [5, 5.41) is 7.29. The topological polar surface area (TPSA) is 46.9 Å². The molecule has 23 heavy (non-hydrogen) atoms. The van der Waals surface area contributed by atoms with Crippen LogP contribution in [0.2, 0.25) is 0 Å². The van der Waals surface area contributed by atoms with E-state index in [1.54, 1.807) is 12.3 Å². The fraction of sp³-hybridized carbons (Fsp3) is 0.412. The summed E-state index contributed by atoms with van der Waals surface area (Å²) in [6.07, 6.45) is 6.14. The maximum Gasteiger partial charge on any atom is 0.226 e. The SMILES string of the molecule is O=C1C[C@@H](c2cccc(F)c2F)c2cnn(C3CCCC3)c2N1. The molecule has 2 heterocycles. The molecule has 1 saturated carbocycles. The molecule has 2 aromatic rings. The lowest BCUT2D eigenvalue weighted by Crippen LogP contribution is -2.26. The number of fused-ring (bicyclic) bond motifs is 1. The molecule has 4 nitrogen and oxygen atoms in total. The van der Waals surface area contributed by atoms with Crippen molar-refractivity contribution in [3.05, 3.63) is 47.2 Å². The highest BCUT2D eigenvalue weighted by Crippen LogP contribution is 2.41. The molecular weight excluding hydrogens is 300 g/mol. The van der Waals surface area contributed by atoms with E-state index in [0.717, 1.165) is 37.3 Å². The van der Waals surface area contributed by atoms with E-state index in [1.807, 2.05) is 4.68 Å². The summed E-state index contributed by atoms with van der Waals surface area (Å²) in [6, 6.07) is 4.37. The van der Waals surface area contributed by atoms with Gasteiger partial charge < -0.3 is 5.32 Å². The van der Waals surface area contributed by atoms with Gasteiger partial charge in [-0.25, -0.2) is 13.5 Å². The number of benzene rings is 1. The zero-order valence-electron chi connectivity index (χ0n) is 12.6. The predicted molar refractivity (Wildman–Crippen MR) is 81.2 cm³/mol. The molecule has 0 saturated heterocycles. The highest BCUT2D eigenvalue weighted by atomic mass is 19.2. The highest BCUT2D eigenvalue weighted by Gasteiger charge is 2.34. The minimum Gasteiger partial charge on any atom is -0.311 e. The van der Waals surface area contributed by atoms with Gasteiger partial charge in [0, 0.05) is 17.9 Å². The number of nitrogens with zero attached hydrogens (tertiary/aromatic N) is 2. The summed E-state index contributed by atoms with van der Waals surface area (Å²) < 4.78 is 29.6. The second kappa shape index (κ2) is 5.44. The largest absolute Gasteiger partial charge is 0.311 e. The molecule has 1 aromatic heterocycles. The molecule has 1 aliphatic heterocycles. The number of halogens is 2. The average Bonchev–Trinajstić information content (AvgIpc) is 3.18. The number of aromatic nitrogens is 2. The Bertz CT molecular complexity index is 765. The normalized spacial score (nSPS) is 21.3.